The number of hydrazone groups is 1. The number of nitrogens with zero attached hydrogens (tertiary/aromatic N) is 3. The minimum Gasteiger partial charge on any atom is -0.465 e. The predicted molar refractivity (Wildman–Crippen MR) is 112 cm³/mol. The van der Waals surface area contributed by atoms with Crippen molar-refractivity contribution in [3.63, 3.8) is 0 Å². The van der Waals surface area contributed by atoms with Gasteiger partial charge in [0.25, 0.3) is 0 Å². The number of hydrogen-bond donors (Lipinski definition) is 1. The Bertz CT molecular complexity index is 1230. The Labute approximate surface area is 171 Å². The van der Waals surface area contributed by atoms with Gasteiger partial charge >= 0.3 is 5.97 Å². The molecule has 29 heavy (non-hydrogen) atoms. The summed E-state index contributed by atoms with van der Waals surface area (Å²) in [6.45, 7) is 0. The highest BCUT2D eigenvalue weighted by Crippen LogP contribution is 2.27. The molecule has 0 aliphatic carbocycles. The molecule has 4 aromatic rings. The molecule has 0 aliphatic rings. The van der Waals surface area contributed by atoms with E-state index in [0.717, 1.165) is 11.0 Å². The molecule has 0 amide bonds. The summed E-state index contributed by atoms with van der Waals surface area (Å²) in [4.78, 5) is 16.3. The van der Waals surface area contributed by atoms with Crippen LogP contribution in [0.3, 0.4) is 0 Å². The highest BCUT2D eigenvalue weighted by atomic mass is 35.5. The first-order valence-corrected chi connectivity index (χ1v) is 9.13. The first-order chi connectivity index (χ1) is 14.1. The number of nitrogens with one attached hydrogen (secondary N) is 1. The number of aromatic nitrogens is 2. The van der Waals surface area contributed by atoms with E-state index >= 15 is 0 Å². The van der Waals surface area contributed by atoms with Crippen molar-refractivity contribution in [3.05, 3.63) is 70.9 Å². The van der Waals surface area contributed by atoms with E-state index < -0.39 is 5.97 Å². The van der Waals surface area contributed by atoms with Crippen LogP contribution in [-0.4, -0.2) is 28.8 Å². The topological polar surface area (TPSA) is 81.6 Å². The number of methoxy groups -OCH3 is 1. The molecular formula is C21H17ClN4O3. The van der Waals surface area contributed by atoms with Crippen LogP contribution in [0, 0.1) is 0 Å². The third-order valence-electron chi connectivity index (χ3n) is 4.43. The molecule has 0 fully saturated rings. The van der Waals surface area contributed by atoms with Gasteiger partial charge in [0.05, 0.1) is 34.9 Å². The number of para-hydroxylation sites is 2. The number of imidazole rings is 1. The molecule has 0 radical (unpaired) electrons. The monoisotopic (exact) mass is 408 g/mol. The molecule has 7 nitrogen and oxygen atoms in total. The van der Waals surface area contributed by atoms with Crippen molar-refractivity contribution >= 4 is 40.8 Å². The number of carbonyl (C=O) groups is 1. The molecule has 0 aliphatic heterocycles. The van der Waals surface area contributed by atoms with Crippen molar-refractivity contribution in [1.82, 2.24) is 9.55 Å². The molecular weight excluding hydrogens is 392 g/mol. The van der Waals surface area contributed by atoms with Crippen LogP contribution in [0.25, 0.3) is 22.4 Å². The van der Waals surface area contributed by atoms with Gasteiger partial charge in [-0.2, -0.15) is 5.10 Å². The number of esters is 1. The van der Waals surface area contributed by atoms with Crippen LogP contribution in [0.15, 0.2) is 64.1 Å². The van der Waals surface area contributed by atoms with Crippen molar-refractivity contribution in [2.75, 3.05) is 12.5 Å². The lowest BCUT2D eigenvalue weighted by Gasteiger charge is -2.04. The highest BCUT2D eigenvalue weighted by molar-refractivity contribution is 6.33. The van der Waals surface area contributed by atoms with Crippen LogP contribution in [0.5, 0.6) is 0 Å². The van der Waals surface area contributed by atoms with Gasteiger partial charge in [0, 0.05) is 12.6 Å². The van der Waals surface area contributed by atoms with E-state index in [1.54, 1.807) is 36.5 Å². The van der Waals surface area contributed by atoms with E-state index in [1.807, 2.05) is 35.9 Å². The third-order valence-corrected chi connectivity index (χ3v) is 4.76. The standard InChI is InChI=1S/C21H17ClN4O3/c1-26-18-6-4-3-5-17(18)24-21(26)25-23-12-14-8-10-19(29-14)13-7-9-16(22)15(11-13)20(27)28-2/h3-12H,1-2H3,(H,24,25)/b23-12-. The summed E-state index contributed by atoms with van der Waals surface area (Å²) in [5, 5.41) is 4.52. The second-order valence-corrected chi connectivity index (χ2v) is 6.65. The van der Waals surface area contributed by atoms with E-state index in [1.165, 1.54) is 7.11 Å². The van der Waals surface area contributed by atoms with Crippen LogP contribution in [0.4, 0.5) is 5.95 Å². The Morgan fingerprint density at radius 1 is 1.24 bits per heavy atom. The lowest BCUT2D eigenvalue weighted by Crippen LogP contribution is -2.02. The van der Waals surface area contributed by atoms with Crippen molar-refractivity contribution in [3.8, 4) is 11.3 Å². The molecule has 0 spiro atoms. The van der Waals surface area contributed by atoms with Gasteiger partial charge in [-0.1, -0.05) is 23.7 Å². The van der Waals surface area contributed by atoms with Gasteiger partial charge in [-0.3, -0.25) is 0 Å². The van der Waals surface area contributed by atoms with Gasteiger partial charge in [0.1, 0.15) is 11.5 Å². The summed E-state index contributed by atoms with van der Waals surface area (Å²) in [7, 11) is 3.22. The number of halogens is 1. The molecule has 8 heteroatoms. The summed E-state index contributed by atoms with van der Waals surface area (Å²) < 4.78 is 12.5. The minimum absolute atomic E-state index is 0.279. The van der Waals surface area contributed by atoms with E-state index in [-0.39, 0.29) is 5.56 Å². The van der Waals surface area contributed by atoms with E-state index in [4.69, 9.17) is 20.8 Å². The number of rotatable bonds is 5. The molecule has 0 saturated heterocycles. The summed E-state index contributed by atoms with van der Waals surface area (Å²) in [6, 6.07) is 16.4. The fourth-order valence-corrected chi connectivity index (χ4v) is 3.12. The number of furan rings is 1. The van der Waals surface area contributed by atoms with Gasteiger partial charge in [-0.25, -0.2) is 15.2 Å². The number of anilines is 1. The molecule has 1 N–H and O–H groups in total. The summed E-state index contributed by atoms with van der Waals surface area (Å²) in [5.41, 5.74) is 5.80. The van der Waals surface area contributed by atoms with Crippen LogP contribution < -0.4 is 5.43 Å². The fraction of sp³-hybridized carbons (Fsp3) is 0.0952. The smallest absolute Gasteiger partial charge is 0.339 e. The number of fused-ring (bicyclic) bond motifs is 1. The number of carbonyl (C=O) groups excluding carboxylic acids is 1. The van der Waals surface area contributed by atoms with E-state index in [9.17, 15) is 4.79 Å². The molecule has 0 atom stereocenters. The number of hydrogen-bond acceptors (Lipinski definition) is 6. The molecule has 0 bridgehead atoms. The van der Waals surface area contributed by atoms with Crippen molar-refractivity contribution < 1.29 is 13.9 Å². The van der Waals surface area contributed by atoms with Crippen LogP contribution >= 0.6 is 11.6 Å². The maximum Gasteiger partial charge on any atom is 0.339 e. The van der Waals surface area contributed by atoms with Gasteiger partial charge in [-0.05, 0) is 42.5 Å². The Hall–Kier alpha value is -3.58. The van der Waals surface area contributed by atoms with Gasteiger partial charge in [0.15, 0.2) is 0 Å². The van der Waals surface area contributed by atoms with E-state index in [2.05, 4.69) is 15.5 Å². The molecule has 0 saturated carbocycles. The van der Waals surface area contributed by atoms with Gasteiger partial charge in [-0.15, -0.1) is 0 Å². The normalized spacial score (nSPS) is 11.3. The summed E-state index contributed by atoms with van der Waals surface area (Å²) >= 11 is 6.06. The Morgan fingerprint density at radius 3 is 2.86 bits per heavy atom. The number of ether oxygens (including phenoxy) is 1. The molecule has 146 valence electrons. The molecule has 0 unspecified atom stereocenters. The van der Waals surface area contributed by atoms with E-state index in [0.29, 0.717) is 28.1 Å². The van der Waals surface area contributed by atoms with Crippen molar-refractivity contribution in [2.24, 2.45) is 12.1 Å². The molecule has 4 rings (SSSR count). The second-order valence-electron chi connectivity index (χ2n) is 6.24. The highest BCUT2D eigenvalue weighted by Gasteiger charge is 2.13. The third kappa shape index (κ3) is 3.72. The van der Waals surface area contributed by atoms with Crippen LogP contribution in [-0.2, 0) is 11.8 Å². The summed E-state index contributed by atoms with van der Waals surface area (Å²) in [5.74, 6) is 1.24. The second kappa shape index (κ2) is 7.81. The number of aryl methyl sites for hydroxylation is 1. The fourth-order valence-electron chi connectivity index (χ4n) is 2.92. The zero-order valence-corrected chi connectivity index (χ0v) is 16.5. The van der Waals surface area contributed by atoms with Gasteiger partial charge < -0.3 is 13.7 Å². The van der Waals surface area contributed by atoms with Crippen LogP contribution in [0.2, 0.25) is 5.02 Å². The average Bonchev–Trinajstić information content (AvgIpc) is 3.33. The number of benzene rings is 2. The lowest BCUT2D eigenvalue weighted by molar-refractivity contribution is 0.0601. The Balaban J connectivity index is 1.52. The minimum atomic E-state index is -0.503. The predicted octanol–water partition coefficient (Wildman–Crippen LogP) is 4.72. The first-order valence-electron chi connectivity index (χ1n) is 8.75. The van der Waals surface area contributed by atoms with Crippen molar-refractivity contribution in [2.45, 2.75) is 0 Å². The average molecular weight is 409 g/mol. The van der Waals surface area contributed by atoms with Crippen molar-refractivity contribution in [1.29, 1.82) is 0 Å². The Morgan fingerprint density at radius 2 is 2.07 bits per heavy atom. The quantitative estimate of drug-likeness (QED) is 0.293. The zero-order valence-electron chi connectivity index (χ0n) is 15.7. The SMILES string of the molecule is COC(=O)c1cc(-c2ccc(/C=N\Nc3nc4ccccc4n3C)o2)ccc1Cl. The summed E-state index contributed by atoms with van der Waals surface area (Å²) in [6.07, 6.45) is 1.56. The lowest BCUT2D eigenvalue weighted by atomic mass is 10.1. The maximum absolute atomic E-state index is 11.8. The zero-order chi connectivity index (χ0) is 20.4. The Kier molecular flexibility index (Phi) is 5.05. The maximum atomic E-state index is 11.8. The molecule has 2 heterocycles. The van der Waals surface area contributed by atoms with Gasteiger partial charge in [0.2, 0.25) is 5.95 Å². The first kappa shape index (κ1) is 18.8. The molecule has 2 aromatic heterocycles. The molecule has 2 aromatic carbocycles. The van der Waals surface area contributed by atoms with Crippen LogP contribution in [0.1, 0.15) is 16.1 Å². The largest absolute Gasteiger partial charge is 0.465 e.